The zero-order valence-corrected chi connectivity index (χ0v) is 15.8. The van der Waals surface area contributed by atoms with Gasteiger partial charge in [-0.2, -0.15) is 0 Å². The molecule has 0 nitrogen and oxygen atoms in total. The third-order valence-corrected chi connectivity index (χ3v) is 6.27. The normalized spacial score (nSPS) is 32.8. The Morgan fingerprint density at radius 2 is 1.17 bits per heavy atom. The number of allylic oxidation sites excluding steroid dienone is 4. The molecular weight excluding hydrogens is 276 g/mol. The summed E-state index contributed by atoms with van der Waals surface area (Å²) in [4.78, 5) is 0. The van der Waals surface area contributed by atoms with E-state index in [1.807, 2.05) is 0 Å². The molecule has 0 atom stereocenters. The number of rotatable bonds is 8. The molecule has 2 saturated carbocycles. The summed E-state index contributed by atoms with van der Waals surface area (Å²) in [5.74, 6) is 3.84. The Bertz CT molecular complexity index is 335. The number of hydrogen-bond donors (Lipinski definition) is 0. The van der Waals surface area contributed by atoms with Crippen LogP contribution >= 0.6 is 0 Å². The van der Waals surface area contributed by atoms with E-state index < -0.39 is 0 Å². The van der Waals surface area contributed by atoms with E-state index >= 15 is 0 Å². The van der Waals surface area contributed by atoms with Crippen LogP contribution in [-0.2, 0) is 0 Å². The van der Waals surface area contributed by atoms with Crippen LogP contribution in [0.3, 0.4) is 0 Å². The zero-order valence-electron chi connectivity index (χ0n) is 15.8. The van der Waals surface area contributed by atoms with Gasteiger partial charge in [0, 0.05) is 0 Å². The van der Waals surface area contributed by atoms with Gasteiger partial charge in [-0.1, -0.05) is 51.0 Å². The second-order valence-electron chi connectivity index (χ2n) is 8.19. The van der Waals surface area contributed by atoms with E-state index in [2.05, 4.69) is 38.2 Å². The van der Waals surface area contributed by atoms with E-state index in [1.54, 1.807) is 0 Å². The lowest BCUT2D eigenvalue weighted by atomic mass is 9.79. The van der Waals surface area contributed by atoms with Crippen molar-refractivity contribution in [1.29, 1.82) is 0 Å². The van der Waals surface area contributed by atoms with Gasteiger partial charge in [-0.3, -0.25) is 0 Å². The Balaban J connectivity index is 1.55. The molecule has 23 heavy (non-hydrogen) atoms. The molecule has 0 radical (unpaired) electrons. The van der Waals surface area contributed by atoms with Crippen molar-refractivity contribution < 1.29 is 0 Å². The van der Waals surface area contributed by atoms with Crippen molar-refractivity contribution in [2.24, 2.45) is 23.7 Å². The van der Waals surface area contributed by atoms with Crippen molar-refractivity contribution in [3.8, 4) is 0 Å². The van der Waals surface area contributed by atoms with Crippen LogP contribution in [0.25, 0.3) is 0 Å². The monoisotopic (exact) mass is 316 g/mol. The maximum absolute atomic E-state index is 2.57. The quantitative estimate of drug-likeness (QED) is 0.402. The van der Waals surface area contributed by atoms with Crippen LogP contribution < -0.4 is 0 Å². The highest BCUT2D eigenvalue weighted by molar-refractivity contribution is 4.93. The molecule has 0 heteroatoms. The Kier molecular flexibility index (Phi) is 9.09. The van der Waals surface area contributed by atoms with Gasteiger partial charge in [-0.05, 0) is 94.3 Å². The van der Waals surface area contributed by atoms with Crippen molar-refractivity contribution in [3.05, 3.63) is 24.3 Å². The average molecular weight is 317 g/mol. The highest BCUT2D eigenvalue weighted by atomic mass is 14.3. The van der Waals surface area contributed by atoms with E-state index in [-0.39, 0.29) is 0 Å². The van der Waals surface area contributed by atoms with Crippen LogP contribution in [0, 0.1) is 23.7 Å². The Morgan fingerprint density at radius 1 is 0.652 bits per heavy atom. The fraction of sp³-hybridized carbons (Fsp3) is 0.826. The predicted octanol–water partition coefficient (Wildman–Crippen LogP) is 7.70. The minimum absolute atomic E-state index is 0.889. The van der Waals surface area contributed by atoms with Crippen molar-refractivity contribution in [2.75, 3.05) is 0 Å². The Labute approximate surface area is 145 Å². The molecule has 0 spiro atoms. The lowest BCUT2D eigenvalue weighted by molar-refractivity contribution is 0.291. The highest BCUT2D eigenvalue weighted by Gasteiger charge is 2.20. The van der Waals surface area contributed by atoms with Gasteiger partial charge in [-0.15, -0.1) is 0 Å². The van der Waals surface area contributed by atoms with Gasteiger partial charge >= 0.3 is 0 Å². The van der Waals surface area contributed by atoms with Crippen LogP contribution in [0.1, 0.15) is 97.3 Å². The van der Waals surface area contributed by atoms with Crippen molar-refractivity contribution in [1.82, 2.24) is 0 Å². The average Bonchev–Trinajstić information content (AvgIpc) is 2.59. The van der Waals surface area contributed by atoms with Crippen LogP contribution in [0.2, 0.25) is 0 Å². The van der Waals surface area contributed by atoms with Crippen LogP contribution in [0.15, 0.2) is 24.3 Å². The first kappa shape index (κ1) is 18.8. The molecule has 2 fully saturated rings. The molecule has 0 aliphatic heterocycles. The molecule has 2 aliphatic rings. The van der Waals surface area contributed by atoms with E-state index in [0.717, 1.165) is 23.7 Å². The Morgan fingerprint density at radius 3 is 1.70 bits per heavy atom. The van der Waals surface area contributed by atoms with Gasteiger partial charge in [0.15, 0.2) is 0 Å². The maximum Gasteiger partial charge on any atom is -0.0233 e. The van der Waals surface area contributed by atoms with E-state index in [9.17, 15) is 0 Å². The molecular formula is C23H40. The number of hydrogen-bond acceptors (Lipinski definition) is 0. The standard InChI is InChI=1S/C23H40/c1-3-5-9-21-16-18-23(19-17-21)11-7-6-10-22-14-12-20(8-4-2)13-15-22/h5-6,9-10,20-23H,3-4,7-8,11-19H2,1-2H3. The topological polar surface area (TPSA) is 0 Å². The van der Waals surface area contributed by atoms with Crippen molar-refractivity contribution in [2.45, 2.75) is 97.3 Å². The zero-order chi connectivity index (χ0) is 16.3. The third-order valence-electron chi connectivity index (χ3n) is 6.27. The molecule has 2 aliphatic carbocycles. The molecule has 0 unspecified atom stereocenters. The fourth-order valence-electron chi connectivity index (χ4n) is 4.70. The molecule has 0 aromatic carbocycles. The molecule has 0 heterocycles. The predicted molar refractivity (Wildman–Crippen MR) is 104 cm³/mol. The molecule has 0 saturated heterocycles. The van der Waals surface area contributed by atoms with Gasteiger partial charge in [-0.25, -0.2) is 0 Å². The van der Waals surface area contributed by atoms with E-state index in [1.165, 1.54) is 83.5 Å². The summed E-state index contributed by atoms with van der Waals surface area (Å²) < 4.78 is 0. The summed E-state index contributed by atoms with van der Waals surface area (Å²) in [6.07, 6.45) is 28.4. The van der Waals surface area contributed by atoms with E-state index in [4.69, 9.17) is 0 Å². The molecule has 0 amide bonds. The van der Waals surface area contributed by atoms with Gasteiger partial charge < -0.3 is 0 Å². The first-order chi connectivity index (χ1) is 11.3. The molecule has 132 valence electrons. The lowest BCUT2D eigenvalue weighted by Crippen LogP contribution is -2.13. The van der Waals surface area contributed by atoms with E-state index in [0.29, 0.717) is 0 Å². The summed E-state index contributed by atoms with van der Waals surface area (Å²) in [5.41, 5.74) is 0. The molecule has 0 aromatic heterocycles. The highest BCUT2D eigenvalue weighted by Crippen LogP contribution is 2.34. The van der Waals surface area contributed by atoms with Crippen LogP contribution in [0.5, 0.6) is 0 Å². The van der Waals surface area contributed by atoms with Crippen molar-refractivity contribution in [3.63, 3.8) is 0 Å². The molecule has 2 rings (SSSR count). The third kappa shape index (κ3) is 7.27. The fourth-order valence-corrected chi connectivity index (χ4v) is 4.70. The molecule has 0 N–H and O–H groups in total. The van der Waals surface area contributed by atoms with Crippen LogP contribution in [0.4, 0.5) is 0 Å². The van der Waals surface area contributed by atoms with Crippen molar-refractivity contribution >= 4 is 0 Å². The maximum atomic E-state index is 2.57. The largest absolute Gasteiger partial charge is 0.0885 e. The lowest BCUT2D eigenvalue weighted by Gasteiger charge is -2.27. The molecule has 0 bridgehead atoms. The second kappa shape index (κ2) is 11.1. The van der Waals surface area contributed by atoms with Gasteiger partial charge in [0.25, 0.3) is 0 Å². The summed E-state index contributed by atoms with van der Waals surface area (Å²) in [5, 5.41) is 0. The first-order valence-electron chi connectivity index (χ1n) is 10.6. The minimum atomic E-state index is 0.889. The Hall–Kier alpha value is -0.520. The first-order valence-corrected chi connectivity index (χ1v) is 10.6. The summed E-state index contributed by atoms with van der Waals surface area (Å²) in [6.45, 7) is 4.57. The summed E-state index contributed by atoms with van der Waals surface area (Å²) in [6, 6.07) is 0. The minimum Gasteiger partial charge on any atom is -0.0885 e. The van der Waals surface area contributed by atoms with Gasteiger partial charge in [0.05, 0.1) is 0 Å². The summed E-state index contributed by atoms with van der Waals surface area (Å²) in [7, 11) is 0. The van der Waals surface area contributed by atoms with Gasteiger partial charge in [0.2, 0.25) is 0 Å². The van der Waals surface area contributed by atoms with Gasteiger partial charge in [0.1, 0.15) is 0 Å². The van der Waals surface area contributed by atoms with Crippen LogP contribution in [-0.4, -0.2) is 0 Å². The second-order valence-corrected chi connectivity index (χ2v) is 8.19. The summed E-state index contributed by atoms with van der Waals surface area (Å²) >= 11 is 0. The smallest absolute Gasteiger partial charge is 0.0233 e. The SMILES string of the molecule is CCC=CC1CCC(CCC=CC2CCC(CCC)CC2)CC1. The molecule has 0 aromatic rings.